The second kappa shape index (κ2) is 6.56. The number of hydrogen-bond acceptors (Lipinski definition) is 6. The van der Waals surface area contributed by atoms with Gasteiger partial charge < -0.3 is 14.5 Å². The van der Waals surface area contributed by atoms with E-state index in [1.807, 2.05) is 19.1 Å². The van der Waals surface area contributed by atoms with Gasteiger partial charge in [-0.05, 0) is 32.4 Å². The SMILES string of the molecule is COC(=O)c1nc(NC(C)CCc2ccco2)sc1C. The largest absolute Gasteiger partial charge is 0.469 e. The topological polar surface area (TPSA) is 64.4 Å². The number of aryl methyl sites for hydroxylation is 2. The fourth-order valence-corrected chi connectivity index (χ4v) is 2.75. The second-order valence-electron chi connectivity index (χ2n) is 4.58. The number of hydrogen-bond donors (Lipinski definition) is 1. The summed E-state index contributed by atoms with van der Waals surface area (Å²) in [7, 11) is 1.36. The standard InChI is InChI=1S/C14H18N2O3S/c1-9(6-7-11-5-4-8-19-11)15-14-16-12(10(2)20-14)13(17)18-3/h4-5,8-9H,6-7H2,1-3H3,(H,15,16). The van der Waals surface area contributed by atoms with E-state index >= 15 is 0 Å². The van der Waals surface area contributed by atoms with E-state index in [0.29, 0.717) is 5.69 Å². The quantitative estimate of drug-likeness (QED) is 0.828. The van der Waals surface area contributed by atoms with Crippen LogP contribution in [0.5, 0.6) is 0 Å². The van der Waals surface area contributed by atoms with Gasteiger partial charge in [-0.2, -0.15) is 0 Å². The maximum absolute atomic E-state index is 11.5. The summed E-state index contributed by atoms with van der Waals surface area (Å²) in [6.07, 6.45) is 3.48. The summed E-state index contributed by atoms with van der Waals surface area (Å²) < 4.78 is 10.00. The van der Waals surface area contributed by atoms with Crippen molar-refractivity contribution >= 4 is 22.4 Å². The Kier molecular flexibility index (Phi) is 4.79. The van der Waals surface area contributed by atoms with Crippen molar-refractivity contribution in [1.29, 1.82) is 0 Å². The summed E-state index contributed by atoms with van der Waals surface area (Å²) >= 11 is 1.46. The van der Waals surface area contributed by atoms with Gasteiger partial charge in [-0.15, -0.1) is 11.3 Å². The van der Waals surface area contributed by atoms with Crippen molar-refractivity contribution in [2.45, 2.75) is 32.7 Å². The monoisotopic (exact) mass is 294 g/mol. The molecule has 0 saturated carbocycles. The lowest BCUT2D eigenvalue weighted by atomic mass is 10.1. The zero-order chi connectivity index (χ0) is 14.5. The maximum Gasteiger partial charge on any atom is 0.357 e. The van der Waals surface area contributed by atoms with Crippen LogP contribution < -0.4 is 5.32 Å². The van der Waals surface area contributed by atoms with E-state index in [1.165, 1.54) is 18.4 Å². The Balaban J connectivity index is 1.91. The van der Waals surface area contributed by atoms with Crippen LogP contribution in [0.15, 0.2) is 22.8 Å². The number of nitrogens with one attached hydrogen (secondary N) is 1. The fourth-order valence-electron chi connectivity index (χ4n) is 1.84. The smallest absolute Gasteiger partial charge is 0.357 e. The number of esters is 1. The number of nitrogens with zero attached hydrogens (tertiary/aromatic N) is 1. The molecule has 0 aromatic carbocycles. The van der Waals surface area contributed by atoms with Crippen LogP contribution in [-0.4, -0.2) is 24.1 Å². The van der Waals surface area contributed by atoms with Crippen LogP contribution in [0.25, 0.3) is 0 Å². The molecular weight excluding hydrogens is 276 g/mol. The minimum Gasteiger partial charge on any atom is -0.469 e. The van der Waals surface area contributed by atoms with Crippen molar-refractivity contribution in [3.05, 3.63) is 34.7 Å². The highest BCUT2D eigenvalue weighted by Gasteiger charge is 2.16. The molecule has 0 spiro atoms. The van der Waals surface area contributed by atoms with Gasteiger partial charge in [-0.25, -0.2) is 9.78 Å². The average Bonchev–Trinajstić information content (AvgIpc) is 3.05. The van der Waals surface area contributed by atoms with Crippen molar-refractivity contribution in [2.24, 2.45) is 0 Å². The molecule has 2 aromatic rings. The molecule has 5 nitrogen and oxygen atoms in total. The first-order chi connectivity index (χ1) is 9.60. The highest BCUT2D eigenvalue weighted by molar-refractivity contribution is 7.15. The first kappa shape index (κ1) is 14.6. The molecule has 1 N–H and O–H groups in total. The van der Waals surface area contributed by atoms with Gasteiger partial charge in [0.15, 0.2) is 10.8 Å². The molecule has 20 heavy (non-hydrogen) atoms. The third kappa shape index (κ3) is 3.60. The summed E-state index contributed by atoms with van der Waals surface area (Å²) in [5.74, 6) is 0.583. The third-order valence-corrected chi connectivity index (χ3v) is 3.85. The number of furan rings is 1. The summed E-state index contributed by atoms with van der Waals surface area (Å²) in [5.41, 5.74) is 0.387. The Morgan fingerprint density at radius 2 is 2.40 bits per heavy atom. The number of ether oxygens (including phenoxy) is 1. The van der Waals surface area contributed by atoms with Crippen molar-refractivity contribution in [1.82, 2.24) is 4.98 Å². The van der Waals surface area contributed by atoms with E-state index in [9.17, 15) is 4.79 Å². The minimum absolute atomic E-state index is 0.246. The molecule has 0 aliphatic carbocycles. The van der Waals surface area contributed by atoms with E-state index in [-0.39, 0.29) is 6.04 Å². The molecule has 108 valence electrons. The lowest BCUT2D eigenvalue weighted by Crippen LogP contribution is -2.16. The Labute approximate surface area is 122 Å². The molecule has 0 saturated heterocycles. The van der Waals surface area contributed by atoms with E-state index < -0.39 is 5.97 Å². The molecule has 0 fully saturated rings. The highest BCUT2D eigenvalue weighted by Crippen LogP contribution is 2.23. The zero-order valence-corrected chi connectivity index (χ0v) is 12.6. The van der Waals surface area contributed by atoms with E-state index in [0.717, 1.165) is 28.6 Å². The molecule has 6 heteroatoms. The van der Waals surface area contributed by atoms with Gasteiger partial charge in [0, 0.05) is 17.3 Å². The lowest BCUT2D eigenvalue weighted by molar-refractivity contribution is 0.0594. The van der Waals surface area contributed by atoms with E-state index in [4.69, 9.17) is 9.15 Å². The van der Waals surface area contributed by atoms with E-state index in [2.05, 4.69) is 17.2 Å². The van der Waals surface area contributed by atoms with Crippen LogP contribution in [0.3, 0.4) is 0 Å². The number of methoxy groups -OCH3 is 1. The molecule has 1 atom stereocenters. The Morgan fingerprint density at radius 1 is 1.60 bits per heavy atom. The molecular formula is C14H18N2O3S. The summed E-state index contributed by atoms with van der Waals surface area (Å²) in [4.78, 5) is 16.6. The molecule has 2 aromatic heterocycles. The normalized spacial score (nSPS) is 12.2. The molecule has 2 rings (SSSR count). The molecule has 1 unspecified atom stereocenters. The van der Waals surface area contributed by atoms with E-state index in [1.54, 1.807) is 6.26 Å². The van der Waals surface area contributed by atoms with Crippen LogP contribution in [0.2, 0.25) is 0 Å². The number of thiazole rings is 1. The second-order valence-corrected chi connectivity index (χ2v) is 5.78. The minimum atomic E-state index is -0.393. The Bertz CT molecular complexity index is 563. The predicted molar refractivity (Wildman–Crippen MR) is 78.3 cm³/mol. The molecule has 0 aliphatic rings. The lowest BCUT2D eigenvalue weighted by Gasteiger charge is -2.11. The van der Waals surface area contributed by atoms with Gasteiger partial charge in [-0.3, -0.25) is 0 Å². The number of carbonyl (C=O) groups excluding carboxylic acids is 1. The van der Waals surface area contributed by atoms with Crippen LogP contribution in [0.1, 0.15) is 34.5 Å². The number of anilines is 1. The predicted octanol–water partition coefficient (Wildman–Crippen LogP) is 3.26. The maximum atomic E-state index is 11.5. The summed E-state index contributed by atoms with van der Waals surface area (Å²) in [5, 5.41) is 4.05. The fraction of sp³-hybridized carbons (Fsp3) is 0.429. The Hall–Kier alpha value is -1.82. The zero-order valence-electron chi connectivity index (χ0n) is 11.8. The van der Waals surface area contributed by atoms with Gasteiger partial charge in [0.25, 0.3) is 0 Å². The Morgan fingerprint density at radius 3 is 3.05 bits per heavy atom. The van der Waals surface area contributed by atoms with Gasteiger partial charge in [0.1, 0.15) is 5.76 Å². The number of aromatic nitrogens is 1. The van der Waals surface area contributed by atoms with Crippen molar-refractivity contribution < 1.29 is 13.9 Å². The van der Waals surface area contributed by atoms with Gasteiger partial charge >= 0.3 is 5.97 Å². The third-order valence-electron chi connectivity index (χ3n) is 2.95. The van der Waals surface area contributed by atoms with Crippen LogP contribution in [-0.2, 0) is 11.2 Å². The van der Waals surface area contributed by atoms with Gasteiger partial charge in [0.05, 0.1) is 13.4 Å². The number of rotatable bonds is 6. The van der Waals surface area contributed by atoms with Crippen LogP contribution >= 0.6 is 11.3 Å². The first-order valence-electron chi connectivity index (χ1n) is 6.44. The molecule has 0 radical (unpaired) electrons. The van der Waals surface area contributed by atoms with Crippen molar-refractivity contribution in [3.8, 4) is 0 Å². The van der Waals surface area contributed by atoms with Crippen molar-refractivity contribution in [3.63, 3.8) is 0 Å². The average molecular weight is 294 g/mol. The first-order valence-corrected chi connectivity index (χ1v) is 7.26. The van der Waals surface area contributed by atoms with Gasteiger partial charge in [-0.1, -0.05) is 0 Å². The number of carbonyl (C=O) groups is 1. The molecule has 0 aliphatic heterocycles. The summed E-state index contributed by atoms with van der Waals surface area (Å²) in [6.45, 7) is 3.94. The molecule has 2 heterocycles. The van der Waals surface area contributed by atoms with Crippen LogP contribution in [0, 0.1) is 6.92 Å². The highest BCUT2D eigenvalue weighted by atomic mass is 32.1. The van der Waals surface area contributed by atoms with Crippen LogP contribution in [0.4, 0.5) is 5.13 Å². The molecule has 0 bridgehead atoms. The summed E-state index contributed by atoms with van der Waals surface area (Å²) in [6, 6.07) is 4.10. The molecule has 0 amide bonds. The van der Waals surface area contributed by atoms with Gasteiger partial charge in [0.2, 0.25) is 0 Å². The van der Waals surface area contributed by atoms with Crippen molar-refractivity contribution in [2.75, 3.05) is 12.4 Å².